The highest BCUT2D eigenvalue weighted by Crippen LogP contribution is 2.42. The highest BCUT2D eigenvalue weighted by molar-refractivity contribution is 8.76. The monoisotopic (exact) mass is 320 g/mol. The zero-order valence-electron chi connectivity index (χ0n) is 10.3. The van der Waals surface area contributed by atoms with Crippen molar-refractivity contribution in [2.24, 2.45) is 0 Å². The first-order valence-electron chi connectivity index (χ1n) is 5.39. The van der Waals surface area contributed by atoms with Crippen LogP contribution in [-0.2, 0) is 25.6 Å². The van der Waals surface area contributed by atoms with Crippen molar-refractivity contribution < 1.29 is 18.7 Å². The topological polar surface area (TPSA) is 47.9 Å². The van der Waals surface area contributed by atoms with E-state index in [1.165, 1.54) is 20.0 Å². The molecule has 0 aromatic carbocycles. The third-order valence-electron chi connectivity index (χ3n) is 1.86. The molecule has 0 saturated heterocycles. The van der Waals surface area contributed by atoms with Gasteiger partial charge in [0.15, 0.2) is 0 Å². The summed E-state index contributed by atoms with van der Waals surface area (Å²) in [6.07, 6.45) is 4.37. The van der Waals surface area contributed by atoms with Crippen LogP contribution in [0.5, 0.6) is 0 Å². The highest BCUT2D eigenvalue weighted by atomic mass is 33.1. The predicted octanol–water partition coefficient (Wildman–Crippen LogP) is 3.41. The van der Waals surface area contributed by atoms with Gasteiger partial charge in [-0.25, -0.2) is 0 Å². The van der Waals surface area contributed by atoms with Crippen molar-refractivity contribution in [2.75, 3.05) is 32.5 Å². The standard InChI is InChI=1S/C9H21O4PS3/c1-11-9-17-16-8-6-4-3-5-7-13-14(10,15)12-2/h3-9H2,1-2H3,(H,10,15). The molecule has 104 valence electrons. The molecule has 0 amide bonds. The second-order valence-electron chi connectivity index (χ2n) is 3.24. The molecule has 0 spiro atoms. The summed E-state index contributed by atoms with van der Waals surface area (Å²) in [6, 6.07) is 0. The lowest BCUT2D eigenvalue weighted by atomic mass is 10.2. The lowest BCUT2D eigenvalue weighted by molar-refractivity contribution is 0.221. The minimum Gasteiger partial charge on any atom is -0.373 e. The Bertz CT molecular complexity index is 218. The Kier molecular flexibility index (Phi) is 13.1. The molecule has 0 aliphatic heterocycles. The first-order valence-corrected chi connectivity index (χ1v) is 10.5. The molecule has 1 atom stereocenters. The fraction of sp³-hybridized carbons (Fsp3) is 1.00. The molecule has 0 aliphatic carbocycles. The molecular formula is C9H21O4PS3. The van der Waals surface area contributed by atoms with Gasteiger partial charge in [0.2, 0.25) is 0 Å². The van der Waals surface area contributed by atoms with Gasteiger partial charge in [-0.1, -0.05) is 34.4 Å². The van der Waals surface area contributed by atoms with Crippen LogP contribution in [0.4, 0.5) is 0 Å². The van der Waals surface area contributed by atoms with Crippen LogP contribution in [0.25, 0.3) is 0 Å². The second kappa shape index (κ2) is 12.2. The summed E-state index contributed by atoms with van der Waals surface area (Å²) in [6.45, 7) is -2.46. The molecular weight excluding hydrogens is 299 g/mol. The molecule has 17 heavy (non-hydrogen) atoms. The van der Waals surface area contributed by atoms with E-state index in [1.54, 1.807) is 17.9 Å². The lowest BCUT2D eigenvalue weighted by Gasteiger charge is -2.12. The molecule has 0 rings (SSSR count). The second-order valence-corrected chi connectivity index (χ2v) is 8.72. The fourth-order valence-electron chi connectivity index (χ4n) is 0.990. The summed E-state index contributed by atoms with van der Waals surface area (Å²) in [5.41, 5.74) is 0. The SMILES string of the molecule is COCSSCCCCCCOP(O)(=S)OC. The van der Waals surface area contributed by atoms with Gasteiger partial charge >= 0.3 is 6.72 Å². The van der Waals surface area contributed by atoms with Crippen LogP contribution in [0.3, 0.4) is 0 Å². The van der Waals surface area contributed by atoms with Crippen molar-refractivity contribution in [2.45, 2.75) is 25.7 Å². The largest absolute Gasteiger partial charge is 0.373 e. The Labute approximate surface area is 117 Å². The van der Waals surface area contributed by atoms with E-state index in [0.29, 0.717) is 6.61 Å². The minimum absolute atomic E-state index is 0.479. The van der Waals surface area contributed by atoms with Gasteiger partial charge in [0.05, 0.1) is 6.61 Å². The van der Waals surface area contributed by atoms with Crippen LogP contribution in [0.15, 0.2) is 0 Å². The third kappa shape index (κ3) is 13.4. The van der Waals surface area contributed by atoms with Crippen molar-refractivity contribution in [3.8, 4) is 0 Å². The number of unbranched alkanes of at least 4 members (excludes halogenated alkanes) is 3. The summed E-state index contributed by atoms with van der Waals surface area (Å²) < 4.78 is 14.7. The Hall–Kier alpha value is 1.19. The van der Waals surface area contributed by atoms with Crippen molar-refractivity contribution in [1.29, 1.82) is 0 Å². The van der Waals surface area contributed by atoms with Crippen LogP contribution >= 0.6 is 28.3 Å². The van der Waals surface area contributed by atoms with Gasteiger partial charge in [0.1, 0.15) is 5.94 Å². The van der Waals surface area contributed by atoms with E-state index >= 15 is 0 Å². The zero-order valence-corrected chi connectivity index (χ0v) is 13.6. The highest BCUT2D eigenvalue weighted by Gasteiger charge is 2.10. The average molecular weight is 320 g/mol. The van der Waals surface area contributed by atoms with Gasteiger partial charge in [-0.15, -0.1) is 0 Å². The minimum atomic E-state index is -2.94. The van der Waals surface area contributed by atoms with Gasteiger partial charge in [-0.2, -0.15) is 0 Å². The Morgan fingerprint density at radius 1 is 1.12 bits per heavy atom. The van der Waals surface area contributed by atoms with E-state index in [9.17, 15) is 4.89 Å². The van der Waals surface area contributed by atoms with Crippen molar-refractivity contribution >= 4 is 40.1 Å². The van der Waals surface area contributed by atoms with Crippen molar-refractivity contribution in [1.82, 2.24) is 0 Å². The van der Waals surface area contributed by atoms with Crippen molar-refractivity contribution in [3.63, 3.8) is 0 Å². The van der Waals surface area contributed by atoms with Crippen LogP contribution in [0.2, 0.25) is 0 Å². The molecule has 0 heterocycles. The summed E-state index contributed by atoms with van der Waals surface area (Å²) in [7, 11) is 6.65. The van der Waals surface area contributed by atoms with Crippen molar-refractivity contribution in [3.05, 3.63) is 0 Å². The predicted molar refractivity (Wildman–Crippen MR) is 79.9 cm³/mol. The average Bonchev–Trinajstić information content (AvgIpc) is 2.31. The van der Waals surface area contributed by atoms with Crippen LogP contribution in [-0.4, -0.2) is 37.4 Å². The quantitative estimate of drug-likeness (QED) is 0.256. The van der Waals surface area contributed by atoms with Gasteiger partial charge in [-0.05, 0) is 24.6 Å². The van der Waals surface area contributed by atoms with Gasteiger partial charge in [0.25, 0.3) is 0 Å². The molecule has 8 heteroatoms. The maximum Gasteiger partial charge on any atom is 0.324 e. The molecule has 1 N–H and O–H groups in total. The van der Waals surface area contributed by atoms with Gasteiger partial charge in [-0.3, -0.25) is 0 Å². The number of hydrogen-bond acceptors (Lipinski definition) is 6. The number of rotatable bonds is 12. The molecule has 1 unspecified atom stereocenters. The molecule has 0 aliphatic rings. The molecule has 0 fully saturated rings. The first-order chi connectivity index (χ1) is 8.12. The lowest BCUT2D eigenvalue weighted by Crippen LogP contribution is -1.94. The van der Waals surface area contributed by atoms with E-state index < -0.39 is 6.72 Å². The van der Waals surface area contributed by atoms with E-state index in [2.05, 4.69) is 4.52 Å². The summed E-state index contributed by atoms with van der Waals surface area (Å²) in [4.78, 5) is 9.31. The fourth-order valence-corrected chi connectivity index (χ4v) is 3.48. The summed E-state index contributed by atoms with van der Waals surface area (Å²) >= 11 is 4.71. The van der Waals surface area contributed by atoms with Crippen LogP contribution in [0, 0.1) is 0 Å². The Morgan fingerprint density at radius 3 is 2.47 bits per heavy atom. The van der Waals surface area contributed by atoms with Gasteiger partial charge < -0.3 is 18.7 Å². The smallest absolute Gasteiger partial charge is 0.324 e. The molecule has 0 aromatic rings. The first kappa shape index (κ1) is 18.2. The van der Waals surface area contributed by atoms with E-state index in [0.717, 1.165) is 24.5 Å². The molecule has 0 saturated carbocycles. The Balaban J connectivity index is 3.11. The third-order valence-corrected chi connectivity index (χ3v) is 5.83. The van der Waals surface area contributed by atoms with E-state index in [1.807, 2.05) is 10.8 Å². The Morgan fingerprint density at radius 2 is 1.82 bits per heavy atom. The number of methoxy groups -OCH3 is 1. The number of hydrogen-bond donors (Lipinski definition) is 1. The maximum atomic E-state index is 9.31. The normalized spacial score (nSPS) is 14.8. The molecule has 0 radical (unpaired) electrons. The maximum absolute atomic E-state index is 9.31. The zero-order chi connectivity index (χ0) is 13.0. The van der Waals surface area contributed by atoms with E-state index in [4.69, 9.17) is 21.1 Å². The van der Waals surface area contributed by atoms with Crippen LogP contribution in [0.1, 0.15) is 25.7 Å². The molecule has 0 bridgehead atoms. The van der Waals surface area contributed by atoms with Gasteiger partial charge in [0, 0.05) is 20.0 Å². The summed E-state index contributed by atoms with van der Waals surface area (Å²) in [5, 5.41) is 0. The number of ether oxygens (including phenoxy) is 1. The van der Waals surface area contributed by atoms with E-state index in [-0.39, 0.29) is 0 Å². The molecule has 4 nitrogen and oxygen atoms in total. The summed E-state index contributed by atoms with van der Waals surface area (Å²) in [5.74, 6) is 1.89. The van der Waals surface area contributed by atoms with Crippen LogP contribution < -0.4 is 0 Å². The molecule has 0 aromatic heterocycles.